The van der Waals surface area contributed by atoms with Crippen molar-refractivity contribution in [2.45, 2.75) is 3.79 Å². The number of hydrogen-bond acceptors (Lipinski definition) is 4. The van der Waals surface area contributed by atoms with Gasteiger partial charge in [0.2, 0.25) is 3.79 Å². The van der Waals surface area contributed by atoms with E-state index in [1.54, 1.807) is 30.5 Å². The fourth-order valence-electron chi connectivity index (χ4n) is 1.07. The van der Waals surface area contributed by atoms with Crippen LogP contribution < -0.4 is 0 Å². The highest BCUT2D eigenvalue weighted by Crippen LogP contribution is 2.35. The molecule has 88 valence electrons. The molecule has 0 amide bonds. The Morgan fingerprint density at radius 2 is 2.00 bits per heavy atom. The summed E-state index contributed by atoms with van der Waals surface area (Å²) in [5.74, 6) is 1.15. The van der Waals surface area contributed by atoms with Gasteiger partial charge in [0.25, 0.3) is 0 Å². The first kappa shape index (κ1) is 12.4. The van der Waals surface area contributed by atoms with E-state index in [-0.39, 0.29) is 5.82 Å². The van der Waals surface area contributed by atoms with E-state index in [1.165, 1.54) is 6.33 Å². The van der Waals surface area contributed by atoms with E-state index in [2.05, 4.69) is 15.0 Å². The van der Waals surface area contributed by atoms with Crippen molar-refractivity contribution in [3.8, 4) is 0 Å². The third kappa shape index (κ3) is 3.43. The Hall–Kier alpha value is -1.10. The fraction of sp³-hybridized carbons (Fsp3) is 0.100. The van der Waals surface area contributed by atoms with Crippen LogP contribution in [0.5, 0.6) is 0 Å². The predicted octanol–water partition coefficient (Wildman–Crippen LogP) is 3.46. The van der Waals surface area contributed by atoms with Crippen LogP contribution in [-0.4, -0.2) is 15.0 Å². The van der Waals surface area contributed by atoms with Gasteiger partial charge in [0.15, 0.2) is 11.6 Å². The largest absolute Gasteiger partial charge is 0.465 e. The molecule has 0 saturated heterocycles. The molecule has 2 aromatic rings. The summed E-state index contributed by atoms with van der Waals surface area (Å²) in [6, 6.07) is 3.58. The van der Waals surface area contributed by atoms with Gasteiger partial charge in [-0.2, -0.15) is 0 Å². The van der Waals surface area contributed by atoms with Crippen molar-refractivity contribution < 1.29 is 4.42 Å². The summed E-state index contributed by atoms with van der Waals surface area (Å²) in [4.78, 5) is 11.7. The third-order valence-electron chi connectivity index (χ3n) is 1.78. The molecule has 0 unspecified atom stereocenters. The minimum Gasteiger partial charge on any atom is -0.465 e. The Morgan fingerprint density at radius 1 is 1.18 bits per heavy atom. The van der Waals surface area contributed by atoms with E-state index in [1.807, 2.05) is 0 Å². The molecule has 7 heteroatoms. The lowest BCUT2D eigenvalue weighted by Crippen LogP contribution is -2.08. The second-order valence-electron chi connectivity index (χ2n) is 3.01. The van der Waals surface area contributed by atoms with E-state index in [0.717, 1.165) is 0 Å². The van der Waals surface area contributed by atoms with Crippen molar-refractivity contribution in [2.24, 2.45) is 0 Å². The Balaban J connectivity index is 2.23. The molecule has 2 rings (SSSR count). The van der Waals surface area contributed by atoms with Gasteiger partial charge >= 0.3 is 0 Å². The van der Waals surface area contributed by atoms with Crippen molar-refractivity contribution in [2.75, 3.05) is 0 Å². The van der Waals surface area contributed by atoms with Crippen molar-refractivity contribution in [3.05, 3.63) is 42.1 Å². The topological polar surface area (TPSA) is 51.8 Å². The lowest BCUT2D eigenvalue weighted by Gasteiger charge is -2.07. The summed E-state index contributed by atoms with van der Waals surface area (Å²) in [5.41, 5.74) is 0. The normalized spacial score (nSPS) is 12.2. The maximum absolute atomic E-state index is 5.67. The van der Waals surface area contributed by atoms with Crippen molar-refractivity contribution >= 4 is 47.0 Å². The Morgan fingerprint density at radius 3 is 2.65 bits per heavy atom. The molecule has 0 saturated carbocycles. The fourth-order valence-corrected chi connectivity index (χ4v) is 1.34. The molecule has 4 nitrogen and oxygen atoms in total. The van der Waals surface area contributed by atoms with Crippen LogP contribution in [0.4, 0.5) is 0 Å². The van der Waals surface area contributed by atoms with Crippen molar-refractivity contribution in [1.82, 2.24) is 15.0 Å². The lowest BCUT2D eigenvalue weighted by molar-refractivity contribution is 0.557. The molecule has 17 heavy (non-hydrogen) atoms. The Bertz CT molecular complexity index is 520. The Labute approximate surface area is 112 Å². The first-order valence-corrected chi connectivity index (χ1v) is 5.67. The number of alkyl halides is 3. The molecule has 0 aliphatic heterocycles. The zero-order valence-electron chi connectivity index (χ0n) is 8.35. The van der Waals surface area contributed by atoms with Crippen LogP contribution in [-0.2, 0) is 3.79 Å². The van der Waals surface area contributed by atoms with Crippen LogP contribution in [0.1, 0.15) is 17.4 Å². The van der Waals surface area contributed by atoms with Crippen molar-refractivity contribution in [3.63, 3.8) is 0 Å². The van der Waals surface area contributed by atoms with Crippen LogP contribution in [0.15, 0.2) is 29.1 Å². The molecule has 0 N–H and O–H groups in total. The summed E-state index contributed by atoms with van der Waals surface area (Å²) >= 11 is 17.0. The highest BCUT2D eigenvalue weighted by molar-refractivity contribution is 6.66. The average Bonchev–Trinajstić information content (AvgIpc) is 2.78. The maximum atomic E-state index is 5.67. The van der Waals surface area contributed by atoms with E-state index < -0.39 is 3.79 Å². The van der Waals surface area contributed by atoms with Crippen LogP contribution >= 0.6 is 34.8 Å². The number of rotatable bonds is 2. The molecule has 2 heterocycles. The van der Waals surface area contributed by atoms with E-state index in [4.69, 9.17) is 39.2 Å². The number of furan rings is 1. The van der Waals surface area contributed by atoms with Crippen LogP contribution in [0.2, 0.25) is 0 Å². The standard InChI is InChI=1S/C10H6Cl3N3O/c11-10(12,13)9-15-6-14-8(16-9)4-3-7-2-1-5-17-7/h1-6H. The smallest absolute Gasteiger partial charge is 0.250 e. The van der Waals surface area contributed by atoms with Gasteiger partial charge in [-0.15, -0.1) is 0 Å². The van der Waals surface area contributed by atoms with Gasteiger partial charge in [0.05, 0.1) is 6.26 Å². The minimum absolute atomic E-state index is 0.0802. The van der Waals surface area contributed by atoms with Gasteiger partial charge in [0, 0.05) is 0 Å². The molecule has 0 spiro atoms. The first-order valence-electron chi connectivity index (χ1n) is 4.53. The lowest BCUT2D eigenvalue weighted by atomic mass is 10.4. The average molecular weight is 291 g/mol. The van der Waals surface area contributed by atoms with Gasteiger partial charge in [-0.05, 0) is 24.3 Å². The van der Waals surface area contributed by atoms with Gasteiger partial charge in [-0.25, -0.2) is 15.0 Å². The molecule has 0 fully saturated rings. The molecule has 0 atom stereocenters. The second-order valence-corrected chi connectivity index (χ2v) is 5.30. The summed E-state index contributed by atoms with van der Waals surface area (Å²) in [6.07, 6.45) is 6.20. The van der Waals surface area contributed by atoms with E-state index in [9.17, 15) is 0 Å². The molecule has 0 aliphatic carbocycles. The minimum atomic E-state index is -1.66. The first-order chi connectivity index (χ1) is 8.05. The van der Waals surface area contributed by atoms with E-state index in [0.29, 0.717) is 11.6 Å². The zero-order valence-corrected chi connectivity index (χ0v) is 10.6. The van der Waals surface area contributed by atoms with Crippen LogP contribution in [0.3, 0.4) is 0 Å². The number of halogens is 3. The highest BCUT2D eigenvalue weighted by Gasteiger charge is 2.26. The zero-order chi connectivity index (χ0) is 12.3. The molecular formula is C10H6Cl3N3O. The summed E-state index contributed by atoms with van der Waals surface area (Å²) in [6.45, 7) is 0. The summed E-state index contributed by atoms with van der Waals surface area (Å²) in [5, 5.41) is 0. The van der Waals surface area contributed by atoms with Crippen LogP contribution in [0.25, 0.3) is 12.2 Å². The van der Waals surface area contributed by atoms with Crippen LogP contribution in [0, 0.1) is 0 Å². The van der Waals surface area contributed by atoms with Crippen molar-refractivity contribution in [1.29, 1.82) is 0 Å². The monoisotopic (exact) mass is 289 g/mol. The molecule has 2 aromatic heterocycles. The van der Waals surface area contributed by atoms with Gasteiger partial charge in [-0.1, -0.05) is 34.8 Å². The second kappa shape index (κ2) is 5.04. The Kier molecular flexibility index (Phi) is 3.66. The highest BCUT2D eigenvalue weighted by atomic mass is 35.6. The van der Waals surface area contributed by atoms with Gasteiger partial charge < -0.3 is 4.42 Å². The van der Waals surface area contributed by atoms with Gasteiger partial charge in [0.1, 0.15) is 12.1 Å². The predicted molar refractivity (Wildman–Crippen MR) is 66.7 cm³/mol. The van der Waals surface area contributed by atoms with E-state index >= 15 is 0 Å². The quantitative estimate of drug-likeness (QED) is 0.795. The molecule has 0 aliphatic rings. The SMILES string of the molecule is ClC(Cl)(Cl)c1ncnc(C=Cc2ccco2)n1. The summed E-state index contributed by atoms with van der Waals surface area (Å²) in [7, 11) is 0. The molecule has 0 aromatic carbocycles. The third-order valence-corrected chi connectivity index (χ3v) is 2.29. The maximum Gasteiger partial charge on any atom is 0.250 e. The molecular weight excluding hydrogens is 284 g/mol. The number of nitrogens with zero attached hydrogens (tertiary/aromatic N) is 3. The number of aromatic nitrogens is 3. The summed E-state index contributed by atoms with van der Waals surface area (Å²) < 4.78 is 3.46. The van der Waals surface area contributed by atoms with Gasteiger partial charge in [-0.3, -0.25) is 0 Å². The molecule has 0 bridgehead atoms. The number of hydrogen-bond donors (Lipinski definition) is 0. The molecule has 0 radical (unpaired) electrons.